The van der Waals surface area contributed by atoms with E-state index in [0.29, 0.717) is 0 Å². The summed E-state index contributed by atoms with van der Waals surface area (Å²) in [6.07, 6.45) is 0. The highest BCUT2D eigenvalue weighted by molar-refractivity contribution is 7.80. The van der Waals surface area contributed by atoms with Gasteiger partial charge in [-0.2, -0.15) is 0 Å². The SMILES string of the molecule is COP(=O)(CP(=O)(CP(=O)(OCc1ccccc1)OCc1ccccc1)OCc1ccccc1)OCc1ccccc1. The zero-order valence-corrected chi connectivity index (χ0v) is 26.1. The van der Waals surface area contributed by atoms with Gasteiger partial charge in [0.2, 0.25) is 7.37 Å². The highest BCUT2D eigenvalue weighted by Gasteiger charge is 2.44. The van der Waals surface area contributed by atoms with Gasteiger partial charge in [0.1, 0.15) is 11.8 Å². The number of benzene rings is 4. The van der Waals surface area contributed by atoms with Crippen LogP contribution in [-0.4, -0.2) is 18.9 Å². The molecule has 0 fully saturated rings. The second-order valence-electron chi connectivity index (χ2n) is 9.54. The molecule has 0 bridgehead atoms. The van der Waals surface area contributed by atoms with Crippen LogP contribution in [0.5, 0.6) is 0 Å². The third-order valence-electron chi connectivity index (χ3n) is 6.18. The first-order valence-electron chi connectivity index (χ1n) is 13.3. The van der Waals surface area contributed by atoms with Crippen LogP contribution in [0.15, 0.2) is 121 Å². The average Bonchev–Trinajstić information content (AvgIpc) is 3.03. The van der Waals surface area contributed by atoms with Crippen molar-refractivity contribution in [2.45, 2.75) is 26.4 Å². The minimum atomic E-state index is -4.09. The van der Waals surface area contributed by atoms with E-state index in [1.807, 2.05) is 121 Å². The Morgan fingerprint density at radius 1 is 0.429 bits per heavy atom. The molecule has 4 aromatic rings. The average molecular weight is 629 g/mol. The third kappa shape index (κ3) is 10.6. The van der Waals surface area contributed by atoms with Gasteiger partial charge in [0.25, 0.3) is 0 Å². The lowest BCUT2D eigenvalue weighted by Crippen LogP contribution is -2.09. The van der Waals surface area contributed by atoms with Gasteiger partial charge in [-0.3, -0.25) is 13.7 Å². The summed E-state index contributed by atoms with van der Waals surface area (Å²) in [7, 11) is -10.9. The number of hydrogen-bond donors (Lipinski definition) is 0. The fraction of sp³-hybridized carbons (Fsp3) is 0.226. The largest absolute Gasteiger partial charge is 0.340 e. The van der Waals surface area contributed by atoms with Gasteiger partial charge in [0.15, 0.2) is 0 Å². The van der Waals surface area contributed by atoms with Gasteiger partial charge in [0, 0.05) is 7.11 Å². The lowest BCUT2D eigenvalue weighted by atomic mass is 10.2. The van der Waals surface area contributed by atoms with Crippen LogP contribution in [0.4, 0.5) is 0 Å². The fourth-order valence-corrected chi connectivity index (χ4v) is 13.0. The van der Waals surface area contributed by atoms with Crippen molar-refractivity contribution in [2.75, 3.05) is 18.9 Å². The van der Waals surface area contributed by atoms with E-state index in [4.69, 9.17) is 22.6 Å². The Morgan fingerprint density at radius 2 is 0.714 bits per heavy atom. The predicted molar refractivity (Wildman–Crippen MR) is 164 cm³/mol. The van der Waals surface area contributed by atoms with E-state index >= 15 is 0 Å². The van der Waals surface area contributed by atoms with Gasteiger partial charge >= 0.3 is 15.2 Å². The molecule has 0 saturated heterocycles. The van der Waals surface area contributed by atoms with Gasteiger partial charge in [-0.05, 0) is 22.3 Å². The van der Waals surface area contributed by atoms with E-state index in [0.717, 1.165) is 22.3 Å². The monoisotopic (exact) mass is 628 g/mol. The summed E-state index contributed by atoms with van der Waals surface area (Å²) in [5, 5.41) is 0. The van der Waals surface area contributed by atoms with Crippen LogP contribution >= 0.6 is 22.6 Å². The molecule has 8 nitrogen and oxygen atoms in total. The Bertz CT molecular complexity index is 1460. The van der Waals surface area contributed by atoms with E-state index in [1.54, 1.807) is 0 Å². The molecule has 0 aliphatic heterocycles. The minimum absolute atomic E-state index is 0.0304. The number of hydrogen-bond acceptors (Lipinski definition) is 8. The van der Waals surface area contributed by atoms with Crippen LogP contribution in [0.3, 0.4) is 0 Å². The molecule has 0 amide bonds. The molecule has 0 aromatic heterocycles. The van der Waals surface area contributed by atoms with Crippen molar-refractivity contribution in [1.82, 2.24) is 0 Å². The predicted octanol–water partition coefficient (Wildman–Crippen LogP) is 9.08. The van der Waals surface area contributed by atoms with Gasteiger partial charge in [-0.1, -0.05) is 121 Å². The summed E-state index contributed by atoms with van der Waals surface area (Å²) in [5.74, 6) is -1.22. The standard InChI is InChI=1S/C31H35O8P3/c1-35-41(33,37-23-29-16-8-3-9-17-29)26-40(32,36-22-28-14-6-2-7-15-28)27-42(34,38-24-30-18-10-4-11-19-30)39-25-31-20-12-5-13-21-31/h2-21H,22-27H2,1H3. The quantitative estimate of drug-likeness (QED) is 0.107. The maximum Gasteiger partial charge on any atom is 0.340 e. The fourth-order valence-electron chi connectivity index (χ4n) is 3.93. The van der Waals surface area contributed by atoms with Crippen molar-refractivity contribution < 1.29 is 36.3 Å². The smallest absolute Gasteiger partial charge is 0.323 e. The molecule has 0 radical (unpaired) electrons. The van der Waals surface area contributed by atoms with Crippen LogP contribution in [0, 0.1) is 0 Å². The maximum absolute atomic E-state index is 14.5. The Morgan fingerprint density at radius 3 is 1.05 bits per heavy atom. The minimum Gasteiger partial charge on any atom is -0.323 e. The second kappa shape index (κ2) is 15.7. The van der Waals surface area contributed by atoms with Crippen molar-refractivity contribution in [1.29, 1.82) is 0 Å². The Labute approximate surface area is 247 Å². The van der Waals surface area contributed by atoms with Gasteiger partial charge in [-0.15, -0.1) is 0 Å². The van der Waals surface area contributed by atoms with Gasteiger partial charge < -0.3 is 22.6 Å². The number of rotatable bonds is 17. The van der Waals surface area contributed by atoms with Crippen LogP contribution in [0.25, 0.3) is 0 Å². The topological polar surface area (TPSA) is 97.4 Å². The molecule has 222 valence electrons. The van der Waals surface area contributed by atoms with Crippen molar-refractivity contribution in [3.05, 3.63) is 144 Å². The summed E-state index contributed by atoms with van der Waals surface area (Å²) in [4.78, 5) is 0. The summed E-state index contributed by atoms with van der Waals surface area (Å²) >= 11 is 0. The van der Waals surface area contributed by atoms with Crippen LogP contribution < -0.4 is 0 Å². The lowest BCUT2D eigenvalue weighted by molar-refractivity contribution is 0.193. The van der Waals surface area contributed by atoms with Crippen molar-refractivity contribution in [3.63, 3.8) is 0 Å². The molecule has 42 heavy (non-hydrogen) atoms. The maximum atomic E-state index is 14.5. The Balaban J connectivity index is 1.59. The molecule has 0 heterocycles. The molecule has 0 aliphatic carbocycles. The van der Waals surface area contributed by atoms with Crippen LogP contribution in [0.1, 0.15) is 22.3 Å². The molecular weight excluding hydrogens is 593 g/mol. The van der Waals surface area contributed by atoms with E-state index in [-0.39, 0.29) is 26.4 Å². The molecule has 0 spiro atoms. The van der Waals surface area contributed by atoms with E-state index < -0.39 is 34.4 Å². The molecule has 11 heteroatoms. The lowest BCUT2D eigenvalue weighted by Gasteiger charge is -2.27. The third-order valence-corrected chi connectivity index (χ3v) is 15.1. The first-order valence-corrected chi connectivity index (χ1v) is 18.8. The van der Waals surface area contributed by atoms with Crippen LogP contribution in [0.2, 0.25) is 0 Å². The second-order valence-corrected chi connectivity index (χ2v) is 17.3. The van der Waals surface area contributed by atoms with Crippen molar-refractivity contribution in [3.8, 4) is 0 Å². The summed E-state index contributed by atoms with van der Waals surface area (Å²) in [5.41, 5.74) is 3.02. The van der Waals surface area contributed by atoms with Crippen molar-refractivity contribution in [2.24, 2.45) is 0 Å². The summed E-state index contributed by atoms with van der Waals surface area (Å²) in [6, 6.07) is 36.6. The molecule has 2 atom stereocenters. The molecule has 2 unspecified atom stereocenters. The highest BCUT2D eigenvalue weighted by atomic mass is 31.3. The molecular formula is C31H35O8P3. The zero-order valence-electron chi connectivity index (χ0n) is 23.4. The highest BCUT2D eigenvalue weighted by Crippen LogP contribution is 2.70. The molecule has 0 N–H and O–H groups in total. The normalized spacial score (nSPS) is 14.6. The summed E-state index contributed by atoms with van der Waals surface area (Å²) < 4.78 is 71.2. The molecule has 0 aliphatic rings. The zero-order chi connectivity index (χ0) is 29.7. The molecule has 4 rings (SSSR count). The first-order chi connectivity index (χ1) is 20.3. The van der Waals surface area contributed by atoms with E-state index in [1.165, 1.54) is 7.11 Å². The van der Waals surface area contributed by atoms with E-state index in [2.05, 4.69) is 0 Å². The Kier molecular flexibility index (Phi) is 12.1. The Hall–Kier alpha value is -2.63. The van der Waals surface area contributed by atoms with Crippen molar-refractivity contribution >= 4 is 22.6 Å². The van der Waals surface area contributed by atoms with Gasteiger partial charge in [0.05, 0.1) is 26.4 Å². The van der Waals surface area contributed by atoms with Crippen LogP contribution in [-0.2, 0) is 62.7 Å². The first kappa shape index (κ1) is 32.3. The van der Waals surface area contributed by atoms with Gasteiger partial charge in [-0.25, -0.2) is 0 Å². The molecule has 4 aromatic carbocycles. The summed E-state index contributed by atoms with van der Waals surface area (Å²) in [6.45, 7) is -0.189. The molecule has 0 saturated carbocycles. The van der Waals surface area contributed by atoms with E-state index in [9.17, 15) is 13.7 Å².